The monoisotopic (exact) mass is 486 g/mol. The highest BCUT2D eigenvalue weighted by Gasteiger charge is 2.51. The van der Waals surface area contributed by atoms with Crippen LogP contribution in [-0.2, 0) is 17.4 Å². The minimum atomic E-state index is -5.24. The second kappa shape index (κ2) is 7.73. The van der Waals surface area contributed by atoms with Gasteiger partial charge in [-0.05, 0) is 24.3 Å². The third-order valence-corrected chi connectivity index (χ3v) is 5.47. The summed E-state index contributed by atoms with van der Waals surface area (Å²) in [5, 5.41) is 11.8. The van der Waals surface area contributed by atoms with E-state index >= 15 is 0 Å². The number of nitriles is 1. The molecule has 0 spiro atoms. The van der Waals surface area contributed by atoms with Crippen LogP contribution >= 0.6 is 23.2 Å². The van der Waals surface area contributed by atoms with Crippen LogP contribution in [0, 0.1) is 11.3 Å². The maximum absolute atomic E-state index is 13.2. The Bertz CT molecular complexity index is 1110. The van der Waals surface area contributed by atoms with E-state index in [0.717, 1.165) is 4.57 Å². The molecule has 3 aromatic rings. The predicted octanol–water partition coefficient (Wildman–Crippen LogP) is 5.49. The van der Waals surface area contributed by atoms with Crippen molar-refractivity contribution in [1.82, 2.24) is 14.3 Å². The lowest BCUT2D eigenvalue weighted by molar-refractivity contribution is -0.137. The van der Waals surface area contributed by atoms with Gasteiger partial charge >= 0.3 is 11.7 Å². The Morgan fingerprint density at radius 1 is 1.03 bits per heavy atom. The number of hydrogen-bond acceptors (Lipinski definition) is 3. The van der Waals surface area contributed by atoms with E-state index in [2.05, 4.69) is 5.10 Å². The van der Waals surface area contributed by atoms with Gasteiger partial charge in [0.2, 0.25) is 10.6 Å². The van der Waals surface area contributed by atoms with Crippen LogP contribution in [0.3, 0.4) is 0 Å². The molecule has 0 saturated carbocycles. The summed E-state index contributed by atoms with van der Waals surface area (Å²) in [6.07, 6.45) is -2.27. The van der Waals surface area contributed by atoms with E-state index in [4.69, 9.17) is 23.2 Å². The molecule has 158 valence electrons. The van der Waals surface area contributed by atoms with E-state index in [1.165, 1.54) is 30.6 Å². The molecule has 14 heteroatoms. The van der Waals surface area contributed by atoms with Gasteiger partial charge in [-0.25, -0.2) is 4.68 Å². The molecule has 2 heterocycles. The van der Waals surface area contributed by atoms with E-state index in [1.807, 2.05) is 0 Å². The Hall–Kier alpha value is -2.33. The first-order valence-electron chi connectivity index (χ1n) is 7.58. The predicted molar refractivity (Wildman–Crippen MR) is 95.1 cm³/mol. The summed E-state index contributed by atoms with van der Waals surface area (Å²) in [5.74, 6) is -0.518. The number of aromatic nitrogens is 3. The minimum Gasteiger partial charge on any atom is -0.604 e. The van der Waals surface area contributed by atoms with Crippen LogP contribution in [0.1, 0.15) is 11.3 Å². The Morgan fingerprint density at radius 3 is 2.00 bits per heavy atom. The molecular weight excluding hydrogens is 481 g/mol. The lowest BCUT2D eigenvalue weighted by atomic mass is 10.2. The summed E-state index contributed by atoms with van der Waals surface area (Å²) >= 11 is 8.21. The van der Waals surface area contributed by atoms with Crippen LogP contribution in [0.2, 0.25) is 10.0 Å². The first-order chi connectivity index (χ1) is 13.9. The number of rotatable bonds is 3. The van der Waals surface area contributed by atoms with Crippen LogP contribution in [0.15, 0.2) is 41.6 Å². The zero-order chi connectivity index (χ0) is 22.4. The van der Waals surface area contributed by atoms with E-state index in [-0.39, 0.29) is 0 Å². The second-order valence-electron chi connectivity index (χ2n) is 5.62. The highest BCUT2D eigenvalue weighted by Crippen LogP contribution is 2.41. The minimum absolute atomic E-state index is 0.419. The fraction of sp³-hybridized carbons (Fsp3) is 0.125. The number of nitrogens with zero attached hydrogens (tertiary/aromatic N) is 4. The van der Waals surface area contributed by atoms with Crippen LogP contribution in [0.5, 0.6) is 0 Å². The third-order valence-electron chi connectivity index (χ3n) is 3.73. The summed E-state index contributed by atoms with van der Waals surface area (Å²) in [6.45, 7) is 0. The highest BCUT2D eigenvalue weighted by molar-refractivity contribution is 7.92. The number of halogens is 8. The van der Waals surface area contributed by atoms with Crippen molar-refractivity contribution in [2.24, 2.45) is 0 Å². The average molecular weight is 487 g/mol. The Kier molecular flexibility index (Phi) is 5.76. The van der Waals surface area contributed by atoms with Gasteiger partial charge in [0.25, 0.3) is 0 Å². The summed E-state index contributed by atoms with van der Waals surface area (Å²) in [6, 6.07) is 5.26. The van der Waals surface area contributed by atoms with Gasteiger partial charge in [0.05, 0.1) is 15.6 Å². The Balaban J connectivity index is 2.38. The zero-order valence-corrected chi connectivity index (χ0v) is 16.4. The lowest BCUT2D eigenvalue weighted by Gasteiger charge is -2.16. The van der Waals surface area contributed by atoms with Gasteiger partial charge in [0.15, 0.2) is 5.82 Å². The topological polar surface area (TPSA) is 69.6 Å². The van der Waals surface area contributed by atoms with E-state index in [9.17, 15) is 36.2 Å². The SMILES string of the molecule is N#Cc1nn(-c2c(Cl)cc(C(F)(F)F)cc2Cl)c(-n2cccc2)c1[S+]([O-])C(F)(F)F. The van der Waals surface area contributed by atoms with Gasteiger partial charge < -0.3 is 9.12 Å². The number of alkyl halides is 6. The normalized spacial score (nSPS) is 13.3. The molecule has 0 bridgehead atoms. The molecule has 0 aliphatic heterocycles. The summed E-state index contributed by atoms with van der Waals surface area (Å²) in [4.78, 5) is -0.992. The van der Waals surface area contributed by atoms with Crippen LogP contribution in [0.25, 0.3) is 11.5 Å². The molecule has 3 rings (SSSR count). The average Bonchev–Trinajstić information content (AvgIpc) is 3.26. The van der Waals surface area contributed by atoms with Crippen molar-refractivity contribution >= 4 is 34.4 Å². The van der Waals surface area contributed by atoms with Gasteiger partial charge in [-0.1, -0.05) is 23.2 Å². The Labute approximate surface area is 177 Å². The molecule has 0 aliphatic rings. The molecule has 30 heavy (non-hydrogen) atoms. The molecule has 1 unspecified atom stereocenters. The molecule has 0 N–H and O–H groups in total. The smallest absolute Gasteiger partial charge is 0.578 e. The lowest BCUT2D eigenvalue weighted by Crippen LogP contribution is -2.25. The summed E-state index contributed by atoms with van der Waals surface area (Å²) in [5.41, 5.74) is -7.72. The highest BCUT2D eigenvalue weighted by atomic mass is 35.5. The molecule has 1 atom stereocenters. The van der Waals surface area contributed by atoms with Crippen LogP contribution in [0.4, 0.5) is 26.3 Å². The van der Waals surface area contributed by atoms with Crippen molar-refractivity contribution in [3.05, 3.63) is 58.0 Å². The largest absolute Gasteiger partial charge is 0.604 e. The van der Waals surface area contributed by atoms with Crippen molar-refractivity contribution < 1.29 is 30.9 Å². The zero-order valence-electron chi connectivity index (χ0n) is 14.1. The molecule has 0 radical (unpaired) electrons. The van der Waals surface area contributed by atoms with E-state index in [0.29, 0.717) is 16.8 Å². The fourth-order valence-electron chi connectivity index (χ4n) is 2.54. The molecule has 2 aromatic heterocycles. The number of hydrogen-bond donors (Lipinski definition) is 0. The quantitative estimate of drug-likeness (QED) is 0.363. The molecule has 0 saturated heterocycles. The van der Waals surface area contributed by atoms with Gasteiger partial charge in [0, 0.05) is 12.4 Å². The Morgan fingerprint density at radius 2 is 1.57 bits per heavy atom. The second-order valence-corrected chi connectivity index (χ2v) is 7.84. The van der Waals surface area contributed by atoms with Gasteiger partial charge in [-0.3, -0.25) is 0 Å². The number of benzene rings is 1. The molecule has 0 amide bonds. The molecule has 5 nitrogen and oxygen atoms in total. The molecule has 1 aromatic carbocycles. The van der Waals surface area contributed by atoms with Crippen molar-refractivity contribution in [2.75, 3.05) is 0 Å². The molecular formula is C16H6Cl2F6N4OS. The van der Waals surface area contributed by atoms with Gasteiger partial charge in [-0.2, -0.15) is 18.4 Å². The van der Waals surface area contributed by atoms with Crippen molar-refractivity contribution in [2.45, 2.75) is 16.6 Å². The van der Waals surface area contributed by atoms with Gasteiger partial charge in [-0.15, -0.1) is 18.3 Å². The summed E-state index contributed by atoms with van der Waals surface area (Å²) in [7, 11) is 0. The van der Waals surface area contributed by atoms with Crippen LogP contribution in [-0.4, -0.2) is 24.4 Å². The van der Waals surface area contributed by atoms with Gasteiger partial charge in [0.1, 0.15) is 22.9 Å². The molecule has 0 fully saturated rings. The fourth-order valence-corrected chi connectivity index (χ4v) is 4.04. The van der Waals surface area contributed by atoms with Crippen LogP contribution < -0.4 is 0 Å². The molecule has 0 aliphatic carbocycles. The maximum Gasteiger partial charge on any atom is 0.578 e. The maximum atomic E-state index is 13.2. The third kappa shape index (κ3) is 3.98. The standard InChI is InChI=1S/C16H6Cl2F6N4OS/c17-9-5-8(15(19,20)21)6-10(18)12(9)28-14(27-3-1-2-4-27)13(11(7-25)26-28)30(29)16(22,23)24/h1-6H. The van der Waals surface area contributed by atoms with E-state index in [1.54, 1.807) is 0 Å². The van der Waals surface area contributed by atoms with Crippen molar-refractivity contribution in [3.8, 4) is 17.6 Å². The first kappa shape index (κ1) is 22.4. The summed E-state index contributed by atoms with van der Waals surface area (Å²) < 4.78 is 92.4. The first-order valence-corrected chi connectivity index (χ1v) is 9.48. The van der Waals surface area contributed by atoms with Crippen molar-refractivity contribution in [1.29, 1.82) is 5.26 Å². The van der Waals surface area contributed by atoms with E-state index < -0.39 is 60.6 Å². The van der Waals surface area contributed by atoms with Crippen molar-refractivity contribution in [3.63, 3.8) is 0 Å².